The third-order valence-electron chi connectivity index (χ3n) is 5.78. The summed E-state index contributed by atoms with van der Waals surface area (Å²) in [7, 11) is 0. The zero-order valence-electron chi connectivity index (χ0n) is 19.6. The molecule has 0 radical (unpaired) electrons. The number of hydrogen-bond donors (Lipinski definition) is 1. The summed E-state index contributed by atoms with van der Waals surface area (Å²) >= 11 is 1.49. The topological polar surface area (TPSA) is 53.8 Å². The molecule has 1 aliphatic heterocycles. The second-order valence-corrected chi connectivity index (χ2v) is 9.63. The maximum atomic E-state index is 12.5. The first-order valence-corrected chi connectivity index (χ1v) is 12.1. The predicted octanol–water partition coefficient (Wildman–Crippen LogP) is 6.52. The Labute approximate surface area is 200 Å². The molecule has 1 heterocycles. The Balaban J connectivity index is 1.51. The van der Waals surface area contributed by atoms with Crippen LogP contribution < -0.4 is 5.32 Å². The minimum Gasteiger partial charge on any atom is -0.351 e. The lowest BCUT2D eigenvalue weighted by atomic mass is 10.1. The fourth-order valence-electron chi connectivity index (χ4n) is 3.57. The number of carbonyl (C=O) groups excluding carboxylic acids is 1. The van der Waals surface area contributed by atoms with Gasteiger partial charge in [0.1, 0.15) is 0 Å². The summed E-state index contributed by atoms with van der Waals surface area (Å²) in [6.45, 7) is 8.86. The molecule has 4 nitrogen and oxygen atoms in total. The first kappa shape index (κ1) is 23.0. The van der Waals surface area contributed by atoms with Gasteiger partial charge < -0.3 is 5.32 Å². The Morgan fingerprint density at radius 2 is 1.42 bits per heavy atom. The molecule has 5 heteroatoms. The molecule has 3 aromatic rings. The smallest absolute Gasteiger partial charge is 0.230 e. The second kappa shape index (κ2) is 10.2. The molecule has 1 aliphatic rings. The van der Waals surface area contributed by atoms with E-state index in [2.05, 4.69) is 81.5 Å². The highest BCUT2D eigenvalue weighted by Gasteiger charge is 2.17. The average molecular weight is 456 g/mol. The maximum Gasteiger partial charge on any atom is 0.230 e. The van der Waals surface area contributed by atoms with Crippen LogP contribution in [-0.2, 0) is 11.3 Å². The van der Waals surface area contributed by atoms with Crippen molar-refractivity contribution in [3.63, 3.8) is 0 Å². The van der Waals surface area contributed by atoms with Crippen LogP contribution in [0.3, 0.4) is 0 Å². The number of fused-ring (bicyclic) bond motifs is 1. The normalized spacial score (nSPS) is 13.0. The van der Waals surface area contributed by atoms with E-state index in [9.17, 15) is 4.79 Å². The zero-order valence-corrected chi connectivity index (χ0v) is 20.4. The molecule has 0 bridgehead atoms. The van der Waals surface area contributed by atoms with Crippen LogP contribution in [0.25, 0.3) is 0 Å². The van der Waals surface area contributed by atoms with Crippen molar-refractivity contribution in [2.75, 3.05) is 5.75 Å². The van der Waals surface area contributed by atoms with Crippen LogP contribution in [0.1, 0.15) is 39.8 Å². The van der Waals surface area contributed by atoms with Gasteiger partial charge in [-0.3, -0.25) is 9.79 Å². The van der Waals surface area contributed by atoms with Gasteiger partial charge >= 0.3 is 0 Å². The van der Waals surface area contributed by atoms with E-state index in [4.69, 9.17) is 9.98 Å². The summed E-state index contributed by atoms with van der Waals surface area (Å²) in [5.74, 6) is 0.327. The van der Waals surface area contributed by atoms with Crippen LogP contribution in [-0.4, -0.2) is 22.4 Å². The third-order valence-corrected chi connectivity index (χ3v) is 6.75. The number of aliphatic imine (C=N–C) groups is 2. The van der Waals surface area contributed by atoms with Crippen molar-refractivity contribution in [2.24, 2.45) is 9.98 Å². The molecule has 168 valence electrons. The molecule has 0 aromatic heterocycles. The van der Waals surface area contributed by atoms with E-state index in [0.717, 1.165) is 33.3 Å². The average Bonchev–Trinajstić information content (AvgIpc) is 2.97. The van der Waals surface area contributed by atoms with Crippen molar-refractivity contribution in [1.29, 1.82) is 0 Å². The first-order chi connectivity index (χ1) is 15.9. The van der Waals surface area contributed by atoms with Crippen LogP contribution in [0.5, 0.6) is 0 Å². The number of hydrogen-bond acceptors (Lipinski definition) is 4. The molecule has 33 heavy (non-hydrogen) atoms. The largest absolute Gasteiger partial charge is 0.351 e. The number of thioether (sulfide) groups is 1. The molecule has 0 unspecified atom stereocenters. The molecule has 4 rings (SSSR count). The van der Waals surface area contributed by atoms with E-state index in [1.165, 1.54) is 34.0 Å². The minimum atomic E-state index is 0.00153. The van der Waals surface area contributed by atoms with Crippen molar-refractivity contribution in [3.8, 4) is 0 Å². The Morgan fingerprint density at radius 3 is 2.06 bits per heavy atom. The minimum absolute atomic E-state index is 0.00153. The third kappa shape index (κ3) is 5.99. The number of aryl methyl sites for hydroxylation is 4. The highest BCUT2D eigenvalue weighted by atomic mass is 32.2. The van der Waals surface area contributed by atoms with Gasteiger partial charge in [-0.1, -0.05) is 59.7 Å². The molecule has 0 fully saturated rings. The lowest BCUT2D eigenvalue weighted by Crippen LogP contribution is -2.25. The van der Waals surface area contributed by atoms with E-state index in [1.807, 2.05) is 12.1 Å². The van der Waals surface area contributed by atoms with Gasteiger partial charge in [0.15, 0.2) is 0 Å². The predicted molar refractivity (Wildman–Crippen MR) is 140 cm³/mol. The molecular formula is C28H29N3OS. The van der Waals surface area contributed by atoms with Gasteiger partial charge in [-0.05, 0) is 62.1 Å². The Bertz CT molecular complexity index is 1230. The molecule has 3 aromatic carbocycles. The maximum absolute atomic E-state index is 12.5. The van der Waals surface area contributed by atoms with Crippen molar-refractivity contribution >= 4 is 39.8 Å². The van der Waals surface area contributed by atoms with Gasteiger partial charge in [0.2, 0.25) is 5.91 Å². The van der Waals surface area contributed by atoms with E-state index in [-0.39, 0.29) is 5.91 Å². The molecule has 0 saturated carbocycles. The Kier molecular flexibility index (Phi) is 7.09. The molecule has 1 N–H and O–H groups in total. The Morgan fingerprint density at radius 1 is 0.848 bits per heavy atom. The van der Waals surface area contributed by atoms with Crippen molar-refractivity contribution < 1.29 is 4.79 Å². The van der Waals surface area contributed by atoms with Gasteiger partial charge in [0.25, 0.3) is 0 Å². The van der Waals surface area contributed by atoms with E-state index in [1.54, 1.807) is 0 Å². The molecule has 0 aliphatic carbocycles. The number of carbonyl (C=O) groups is 1. The van der Waals surface area contributed by atoms with Crippen molar-refractivity contribution in [3.05, 3.63) is 94.0 Å². The van der Waals surface area contributed by atoms with Gasteiger partial charge in [-0.2, -0.15) is 0 Å². The van der Waals surface area contributed by atoms with Gasteiger partial charge in [-0.25, -0.2) is 4.99 Å². The van der Waals surface area contributed by atoms with Crippen molar-refractivity contribution in [2.45, 2.75) is 40.7 Å². The van der Waals surface area contributed by atoms with Crippen LogP contribution in [0, 0.1) is 27.7 Å². The first-order valence-electron chi connectivity index (χ1n) is 11.2. The van der Waals surface area contributed by atoms with Gasteiger partial charge in [0.05, 0.1) is 27.9 Å². The van der Waals surface area contributed by atoms with Crippen LogP contribution >= 0.6 is 11.8 Å². The molecular weight excluding hydrogens is 426 g/mol. The highest BCUT2D eigenvalue weighted by Crippen LogP contribution is 2.36. The molecule has 0 atom stereocenters. The summed E-state index contributed by atoms with van der Waals surface area (Å²) < 4.78 is 0. The van der Waals surface area contributed by atoms with Crippen LogP contribution in [0.15, 0.2) is 70.6 Å². The molecule has 0 spiro atoms. The zero-order chi connectivity index (χ0) is 23.4. The second-order valence-electron chi connectivity index (χ2n) is 8.58. The van der Waals surface area contributed by atoms with Gasteiger partial charge in [0, 0.05) is 13.0 Å². The molecule has 1 amide bonds. The summed E-state index contributed by atoms with van der Waals surface area (Å²) in [4.78, 5) is 22.4. The van der Waals surface area contributed by atoms with E-state index in [0.29, 0.717) is 18.7 Å². The summed E-state index contributed by atoms with van der Waals surface area (Å²) in [5, 5.41) is 3.92. The monoisotopic (exact) mass is 455 g/mol. The Hall–Kier alpha value is -3.18. The lowest BCUT2D eigenvalue weighted by Gasteiger charge is -2.09. The van der Waals surface area contributed by atoms with Crippen molar-refractivity contribution in [1.82, 2.24) is 5.32 Å². The fourth-order valence-corrected chi connectivity index (χ4v) is 4.37. The quantitative estimate of drug-likeness (QED) is 0.476. The van der Waals surface area contributed by atoms with E-state index >= 15 is 0 Å². The summed E-state index contributed by atoms with van der Waals surface area (Å²) in [5.41, 5.74) is 9.72. The fraction of sp³-hybridized carbons (Fsp3) is 0.250. The summed E-state index contributed by atoms with van der Waals surface area (Å²) in [6.07, 6.45) is 0.603. The van der Waals surface area contributed by atoms with E-state index < -0.39 is 0 Å². The number of amides is 1. The highest BCUT2D eigenvalue weighted by molar-refractivity contribution is 8.14. The SMILES string of the molecule is Cc1ccc(CNC(=O)CSC2=Nc3cc(C)c(C)cc3N=C(c3ccc(C)cc3)C2)cc1. The summed E-state index contributed by atoms with van der Waals surface area (Å²) in [6, 6.07) is 20.8. The number of benzene rings is 3. The number of rotatable bonds is 5. The van der Waals surface area contributed by atoms with Gasteiger partial charge in [-0.15, -0.1) is 11.8 Å². The van der Waals surface area contributed by atoms with Crippen LogP contribution in [0.4, 0.5) is 11.4 Å². The molecule has 0 saturated heterocycles. The van der Waals surface area contributed by atoms with Crippen LogP contribution in [0.2, 0.25) is 0 Å². The standard InChI is InChI=1S/C28H29N3OS/c1-18-5-9-22(10-6-18)16-29-27(32)17-33-28-15-24(23-11-7-19(2)8-12-23)30-25-13-20(3)21(4)14-26(25)31-28/h5-14H,15-17H2,1-4H3,(H,29,32). The lowest BCUT2D eigenvalue weighted by molar-refractivity contribution is -0.118. The number of nitrogens with one attached hydrogen (secondary N) is 1. The number of nitrogens with zero attached hydrogens (tertiary/aromatic N) is 2.